The standard InChI is InChI=1S/C10H11N5S/c1-2-3-8-7(6-11)9(12)15(14-8)10-13-4-5-16-10/h4-5H,2-3,12H2,1H3. The molecule has 0 radical (unpaired) electrons. The maximum Gasteiger partial charge on any atom is 0.212 e. The van der Waals surface area contributed by atoms with Crippen molar-refractivity contribution in [3.63, 3.8) is 0 Å². The molecular formula is C10H11N5S. The Balaban J connectivity index is 2.53. The SMILES string of the molecule is CCCc1nn(-c2nccs2)c(N)c1C#N. The number of hydrogen-bond donors (Lipinski definition) is 1. The fourth-order valence-corrected chi connectivity index (χ4v) is 2.08. The quantitative estimate of drug-likeness (QED) is 0.875. The topological polar surface area (TPSA) is 80.5 Å². The minimum atomic E-state index is 0.376. The molecule has 2 rings (SSSR count). The lowest BCUT2D eigenvalue weighted by Gasteiger charge is -1.96. The zero-order valence-corrected chi connectivity index (χ0v) is 9.66. The van der Waals surface area contributed by atoms with Crippen molar-refractivity contribution in [2.24, 2.45) is 0 Å². The largest absolute Gasteiger partial charge is 0.382 e. The van der Waals surface area contributed by atoms with Gasteiger partial charge in [-0.25, -0.2) is 4.98 Å². The summed E-state index contributed by atoms with van der Waals surface area (Å²) < 4.78 is 1.54. The summed E-state index contributed by atoms with van der Waals surface area (Å²) in [6.07, 6.45) is 3.38. The van der Waals surface area contributed by atoms with Crippen LogP contribution >= 0.6 is 11.3 Å². The third-order valence-corrected chi connectivity index (χ3v) is 2.94. The van der Waals surface area contributed by atoms with E-state index >= 15 is 0 Å². The molecule has 5 nitrogen and oxygen atoms in total. The molecule has 2 aromatic heterocycles. The Morgan fingerprint density at radius 2 is 2.44 bits per heavy atom. The third-order valence-electron chi connectivity index (χ3n) is 2.19. The molecule has 2 aromatic rings. The highest BCUT2D eigenvalue weighted by atomic mass is 32.1. The summed E-state index contributed by atoms with van der Waals surface area (Å²) in [4.78, 5) is 4.13. The van der Waals surface area contributed by atoms with Gasteiger partial charge in [-0.3, -0.25) is 0 Å². The van der Waals surface area contributed by atoms with E-state index in [4.69, 9.17) is 11.0 Å². The van der Waals surface area contributed by atoms with Crippen molar-refractivity contribution in [2.45, 2.75) is 19.8 Å². The molecule has 0 bridgehead atoms. The summed E-state index contributed by atoms with van der Waals surface area (Å²) in [6, 6.07) is 2.10. The minimum absolute atomic E-state index is 0.376. The van der Waals surface area contributed by atoms with E-state index in [-0.39, 0.29) is 0 Å². The van der Waals surface area contributed by atoms with E-state index in [1.807, 2.05) is 12.3 Å². The zero-order valence-electron chi connectivity index (χ0n) is 8.84. The van der Waals surface area contributed by atoms with Gasteiger partial charge in [0.1, 0.15) is 17.5 Å². The van der Waals surface area contributed by atoms with Crippen LogP contribution in [0.2, 0.25) is 0 Å². The number of nitrogens with zero attached hydrogens (tertiary/aromatic N) is 4. The molecule has 2 heterocycles. The molecule has 16 heavy (non-hydrogen) atoms. The van der Waals surface area contributed by atoms with Gasteiger partial charge >= 0.3 is 0 Å². The Bertz CT molecular complexity index is 520. The van der Waals surface area contributed by atoms with Gasteiger partial charge in [0.15, 0.2) is 0 Å². The summed E-state index contributed by atoms with van der Waals surface area (Å²) in [6.45, 7) is 2.04. The van der Waals surface area contributed by atoms with Crippen LogP contribution in [0, 0.1) is 11.3 Å². The van der Waals surface area contributed by atoms with Gasteiger partial charge in [0.05, 0.1) is 5.69 Å². The molecule has 0 aliphatic carbocycles. The number of nitrogens with two attached hydrogens (primary N) is 1. The van der Waals surface area contributed by atoms with Gasteiger partial charge in [0.2, 0.25) is 5.13 Å². The first-order valence-electron chi connectivity index (χ1n) is 4.95. The predicted octanol–water partition coefficient (Wildman–Crippen LogP) is 1.74. The average Bonchev–Trinajstić information content (AvgIpc) is 2.87. The molecule has 0 fully saturated rings. The van der Waals surface area contributed by atoms with Crippen LogP contribution in [-0.4, -0.2) is 14.8 Å². The molecule has 6 heteroatoms. The molecule has 0 aromatic carbocycles. The zero-order chi connectivity index (χ0) is 11.5. The van der Waals surface area contributed by atoms with Gasteiger partial charge in [-0.05, 0) is 6.42 Å². The number of thiazole rings is 1. The van der Waals surface area contributed by atoms with Crippen LogP contribution in [0.15, 0.2) is 11.6 Å². The van der Waals surface area contributed by atoms with Crippen molar-refractivity contribution in [1.82, 2.24) is 14.8 Å². The van der Waals surface area contributed by atoms with Crippen molar-refractivity contribution in [2.75, 3.05) is 5.73 Å². The summed E-state index contributed by atoms with van der Waals surface area (Å²) in [5.41, 5.74) is 7.10. The normalized spacial score (nSPS) is 10.2. The Morgan fingerprint density at radius 1 is 1.62 bits per heavy atom. The smallest absolute Gasteiger partial charge is 0.212 e. The van der Waals surface area contributed by atoms with Crippen molar-refractivity contribution >= 4 is 17.2 Å². The molecule has 0 saturated carbocycles. The molecule has 2 N–H and O–H groups in total. The minimum Gasteiger partial charge on any atom is -0.382 e. The van der Waals surface area contributed by atoms with Crippen LogP contribution in [0.1, 0.15) is 24.6 Å². The Morgan fingerprint density at radius 3 is 3.00 bits per heavy atom. The van der Waals surface area contributed by atoms with Gasteiger partial charge in [-0.15, -0.1) is 11.3 Å². The number of aryl methyl sites for hydroxylation is 1. The van der Waals surface area contributed by atoms with E-state index in [2.05, 4.69) is 16.2 Å². The van der Waals surface area contributed by atoms with Gasteiger partial charge < -0.3 is 5.73 Å². The lowest BCUT2D eigenvalue weighted by Crippen LogP contribution is -2.01. The maximum absolute atomic E-state index is 9.04. The van der Waals surface area contributed by atoms with E-state index in [1.54, 1.807) is 6.20 Å². The van der Waals surface area contributed by atoms with Gasteiger partial charge in [-0.2, -0.15) is 15.0 Å². The summed E-state index contributed by atoms with van der Waals surface area (Å²) in [7, 11) is 0. The monoisotopic (exact) mass is 233 g/mol. The molecule has 0 atom stereocenters. The first kappa shape index (κ1) is 10.6. The van der Waals surface area contributed by atoms with E-state index in [9.17, 15) is 0 Å². The van der Waals surface area contributed by atoms with Crippen molar-refractivity contribution < 1.29 is 0 Å². The molecule has 0 saturated heterocycles. The van der Waals surface area contributed by atoms with Crippen LogP contribution < -0.4 is 5.73 Å². The highest BCUT2D eigenvalue weighted by Gasteiger charge is 2.16. The van der Waals surface area contributed by atoms with E-state index in [0.717, 1.165) is 18.5 Å². The second-order valence-electron chi connectivity index (χ2n) is 3.30. The van der Waals surface area contributed by atoms with E-state index in [0.29, 0.717) is 16.5 Å². The van der Waals surface area contributed by atoms with Crippen LogP contribution in [-0.2, 0) is 6.42 Å². The lowest BCUT2D eigenvalue weighted by atomic mass is 10.2. The summed E-state index contributed by atoms with van der Waals surface area (Å²) in [5, 5.41) is 15.9. The highest BCUT2D eigenvalue weighted by molar-refractivity contribution is 7.12. The predicted molar refractivity (Wildman–Crippen MR) is 62.4 cm³/mol. The van der Waals surface area contributed by atoms with E-state index < -0.39 is 0 Å². The molecule has 0 aliphatic heterocycles. The lowest BCUT2D eigenvalue weighted by molar-refractivity contribution is 0.806. The fourth-order valence-electron chi connectivity index (χ4n) is 1.48. The van der Waals surface area contributed by atoms with Crippen LogP contribution in [0.5, 0.6) is 0 Å². The molecule has 0 amide bonds. The third kappa shape index (κ3) is 1.66. The highest BCUT2D eigenvalue weighted by Crippen LogP contribution is 2.22. The van der Waals surface area contributed by atoms with Gasteiger partial charge in [0, 0.05) is 11.6 Å². The van der Waals surface area contributed by atoms with Crippen LogP contribution in [0.25, 0.3) is 5.13 Å². The summed E-state index contributed by atoms with van der Waals surface area (Å²) in [5.74, 6) is 0.376. The van der Waals surface area contributed by atoms with Crippen molar-refractivity contribution in [1.29, 1.82) is 5.26 Å². The Hall–Kier alpha value is -1.87. The number of hydrogen-bond acceptors (Lipinski definition) is 5. The second kappa shape index (κ2) is 4.33. The average molecular weight is 233 g/mol. The van der Waals surface area contributed by atoms with Crippen LogP contribution in [0.3, 0.4) is 0 Å². The Labute approximate surface area is 97.1 Å². The number of aromatic nitrogens is 3. The van der Waals surface area contributed by atoms with Crippen LogP contribution in [0.4, 0.5) is 5.82 Å². The number of rotatable bonds is 3. The first-order valence-corrected chi connectivity index (χ1v) is 5.83. The molecule has 0 spiro atoms. The van der Waals surface area contributed by atoms with Crippen molar-refractivity contribution in [3.8, 4) is 11.2 Å². The molecule has 82 valence electrons. The second-order valence-corrected chi connectivity index (χ2v) is 4.17. The number of nitriles is 1. The summed E-state index contributed by atoms with van der Waals surface area (Å²) >= 11 is 1.44. The fraction of sp³-hybridized carbons (Fsp3) is 0.300. The Kier molecular flexibility index (Phi) is 2.88. The molecule has 0 unspecified atom stereocenters. The van der Waals surface area contributed by atoms with Gasteiger partial charge in [0.25, 0.3) is 0 Å². The van der Waals surface area contributed by atoms with E-state index in [1.165, 1.54) is 16.0 Å². The van der Waals surface area contributed by atoms with Crippen molar-refractivity contribution in [3.05, 3.63) is 22.8 Å². The molecule has 0 aliphatic rings. The van der Waals surface area contributed by atoms with Gasteiger partial charge in [-0.1, -0.05) is 13.3 Å². The molecular weight excluding hydrogens is 222 g/mol. The first-order chi connectivity index (χ1) is 7.77. The number of anilines is 1. The maximum atomic E-state index is 9.04. The number of nitrogen functional groups attached to an aromatic ring is 1.